The van der Waals surface area contributed by atoms with Gasteiger partial charge in [-0.3, -0.25) is 9.59 Å². The molecule has 1 heterocycles. The maximum absolute atomic E-state index is 11.8. The highest BCUT2D eigenvalue weighted by Gasteiger charge is 2.17. The second kappa shape index (κ2) is 10.3. The van der Waals surface area contributed by atoms with E-state index < -0.39 is 18.1 Å². The van der Waals surface area contributed by atoms with Gasteiger partial charge in [-0.2, -0.15) is 0 Å². The first-order valence-electron chi connectivity index (χ1n) is 7.52. The van der Waals surface area contributed by atoms with Gasteiger partial charge in [0, 0.05) is 13.0 Å². The molecule has 0 radical (unpaired) electrons. The first kappa shape index (κ1) is 18.5. The van der Waals surface area contributed by atoms with Crippen molar-refractivity contribution in [3.8, 4) is 0 Å². The van der Waals surface area contributed by atoms with Crippen LogP contribution in [0.5, 0.6) is 0 Å². The Morgan fingerprint density at radius 1 is 1.26 bits per heavy atom. The number of primary amides is 1. The zero-order valence-corrected chi connectivity index (χ0v) is 13.2. The summed E-state index contributed by atoms with van der Waals surface area (Å²) in [4.78, 5) is 33.8. The zero-order chi connectivity index (χ0) is 17.1. The zero-order valence-electron chi connectivity index (χ0n) is 13.2. The van der Waals surface area contributed by atoms with Crippen LogP contribution in [0.1, 0.15) is 38.4 Å². The lowest BCUT2D eigenvalue weighted by molar-refractivity contribution is -0.155. The summed E-state index contributed by atoms with van der Waals surface area (Å²) < 4.78 is 10.1. The molecule has 0 aliphatic rings. The number of unbranched alkanes of at least 4 members (excludes halogenated alkanes) is 2. The summed E-state index contributed by atoms with van der Waals surface area (Å²) in [5, 5.41) is 5.09. The average Bonchev–Trinajstić information content (AvgIpc) is 3.01. The van der Waals surface area contributed by atoms with Gasteiger partial charge in [-0.15, -0.1) is 0 Å². The molecule has 0 saturated heterocycles. The molecule has 0 aliphatic carbocycles. The molecule has 1 atom stereocenters. The third kappa shape index (κ3) is 8.50. The first-order chi connectivity index (χ1) is 11.0. The molecule has 0 aromatic carbocycles. The van der Waals surface area contributed by atoms with Crippen LogP contribution in [0.15, 0.2) is 22.8 Å². The van der Waals surface area contributed by atoms with Crippen molar-refractivity contribution in [1.29, 1.82) is 0 Å². The van der Waals surface area contributed by atoms with E-state index in [0.717, 1.165) is 12.8 Å². The van der Waals surface area contributed by atoms with Gasteiger partial charge in [0.2, 0.25) is 0 Å². The number of urea groups is 1. The fourth-order valence-electron chi connectivity index (χ4n) is 1.82. The molecule has 1 aromatic heterocycles. The van der Waals surface area contributed by atoms with E-state index in [2.05, 4.69) is 10.6 Å². The van der Waals surface area contributed by atoms with E-state index in [-0.39, 0.29) is 18.9 Å². The summed E-state index contributed by atoms with van der Waals surface area (Å²) in [6.07, 6.45) is 3.01. The number of hydrogen-bond donors (Lipinski definition) is 3. The van der Waals surface area contributed by atoms with Gasteiger partial charge in [0.05, 0.1) is 12.8 Å². The van der Waals surface area contributed by atoms with Gasteiger partial charge in [0.1, 0.15) is 5.76 Å². The molecule has 0 saturated carbocycles. The third-order valence-electron chi connectivity index (χ3n) is 3.05. The number of furan rings is 1. The van der Waals surface area contributed by atoms with Crippen LogP contribution in [0, 0.1) is 0 Å². The normalized spacial score (nSPS) is 11.5. The molecule has 4 N–H and O–H groups in total. The minimum Gasteiger partial charge on any atom is -0.467 e. The van der Waals surface area contributed by atoms with Crippen LogP contribution in [0.3, 0.4) is 0 Å². The van der Waals surface area contributed by atoms with Crippen LogP contribution in [-0.4, -0.2) is 30.6 Å². The van der Waals surface area contributed by atoms with Crippen LogP contribution in [0.2, 0.25) is 0 Å². The number of rotatable bonds is 10. The SMILES string of the molecule is C[C@H](OC(=O)CCCCCNC(N)=O)C(=O)NCc1ccco1. The fraction of sp³-hybridized carbons (Fsp3) is 0.533. The van der Waals surface area contributed by atoms with Crippen molar-refractivity contribution in [2.24, 2.45) is 5.73 Å². The maximum Gasteiger partial charge on any atom is 0.312 e. The predicted octanol–water partition coefficient (Wildman–Crippen LogP) is 1.06. The summed E-state index contributed by atoms with van der Waals surface area (Å²) in [7, 11) is 0. The molecule has 1 rings (SSSR count). The number of nitrogens with one attached hydrogen (secondary N) is 2. The van der Waals surface area contributed by atoms with Crippen LogP contribution >= 0.6 is 0 Å². The standard InChI is InChI=1S/C15H23N3O5/c1-11(14(20)18-10-12-6-5-9-22-12)23-13(19)7-3-2-4-8-17-15(16)21/h5-6,9,11H,2-4,7-8,10H2,1H3,(H,18,20)(H3,16,17,21)/t11-/m0/s1. The Morgan fingerprint density at radius 2 is 2.04 bits per heavy atom. The third-order valence-corrected chi connectivity index (χ3v) is 3.05. The fourth-order valence-corrected chi connectivity index (χ4v) is 1.82. The Morgan fingerprint density at radius 3 is 2.70 bits per heavy atom. The van der Waals surface area contributed by atoms with Crippen LogP contribution in [-0.2, 0) is 20.9 Å². The number of esters is 1. The van der Waals surface area contributed by atoms with Crippen LogP contribution in [0.25, 0.3) is 0 Å². The smallest absolute Gasteiger partial charge is 0.312 e. The summed E-state index contributed by atoms with van der Waals surface area (Å²) in [6.45, 7) is 2.25. The average molecular weight is 325 g/mol. The Hall–Kier alpha value is -2.51. The van der Waals surface area contributed by atoms with E-state index in [9.17, 15) is 14.4 Å². The van der Waals surface area contributed by atoms with E-state index in [4.69, 9.17) is 14.9 Å². The van der Waals surface area contributed by atoms with Crippen molar-refractivity contribution in [2.45, 2.75) is 45.3 Å². The van der Waals surface area contributed by atoms with E-state index in [0.29, 0.717) is 18.7 Å². The predicted molar refractivity (Wildman–Crippen MR) is 82.2 cm³/mol. The van der Waals surface area contributed by atoms with Gasteiger partial charge in [-0.05, 0) is 31.9 Å². The van der Waals surface area contributed by atoms with Crippen molar-refractivity contribution in [3.63, 3.8) is 0 Å². The summed E-state index contributed by atoms with van der Waals surface area (Å²) in [6, 6.07) is 2.91. The number of carbonyl (C=O) groups is 3. The Balaban J connectivity index is 2.10. The van der Waals surface area contributed by atoms with E-state index in [1.165, 1.54) is 13.2 Å². The molecule has 1 aromatic rings. The van der Waals surface area contributed by atoms with Gasteiger partial charge < -0.3 is 25.5 Å². The Labute approximate surface area is 134 Å². The lowest BCUT2D eigenvalue weighted by Gasteiger charge is -2.13. The van der Waals surface area contributed by atoms with Gasteiger partial charge in [0.25, 0.3) is 5.91 Å². The molecule has 0 spiro atoms. The van der Waals surface area contributed by atoms with Gasteiger partial charge in [-0.25, -0.2) is 4.79 Å². The topological polar surface area (TPSA) is 124 Å². The highest BCUT2D eigenvalue weighted by Crippen LogP contribution is 2.04. The highest BCUT2D eigenvalue weighted by atomic mass is 16.5. The monoisotopic (exact) mass is 325 g/mol. The van der Waals surface area contributed by atoms with E-state index in [1.807, 2.05) is 0 Å². The molecular formula is C15H23N3O5. The van der Waals surface area contributed by atoms with Crippen molar-refractivity contribution in [2.75, 3.05) is 6.54 Å². The molecule has 3 amide bonds. The second-order valence-corrected chi connectivity index (χ2v) is 5.03. The van der Waals surface area contributed by atoms with Crippen molar-refractivity contribution < 1.29 is 23.5 Å². The number of nitrogens with two attached hydrogens (primary N) is 1. The molecule has 0 bridgehead atoms. The largest absolute Gasteiger partial charge is 0.467 e. The number of carbonyl (C=O) groups excluding carboxylic acids is 3. The number of amides is 3. The van der Waals surface area contributed by atoms with E-state index >= 15 is 0 Å². The Kier molecular flexibility index (Phi) is 8.27. The van der Waals surface area contributed by atoms with E-state index in [1.54, 1.807) is 12.1 Å². The molecule has 128 valence electrons. The lowest BCUT2D eigenvalue weighted by atomic mass is 10.2. The molecule has 0 fully saturated rings. The second-order valence-electron chi connectivity index (χ2n) is 5.03. The molecule has 8 nitrogen and oxygen atoms in total. The molecule has 0 aliphatic heterocycles. The van der Waals surface area contributed by atoms with Crippen LogP contribution < -0.4 is 16.4 Å². The van der Waals surface area contributed by atoms with Gasteiger partial charge in [-0.1, -0.05) is 6.42 Å². The molecule has 0 unspecified atom stereocenters. The molecular weight excluding hydrogens is 302 g/mol. The quantitative estimate of drug-likeness (QED) is 0.438. The summed E-state index contributed by atoms with van der Waals surface area (Å²) in [5.74, 6) is -0.171. The highest BCUT2D eigenvalue weighted by molar-refractivity contribution is 5.83. The van der Waals surface area contributed by atoms with Crippen LogP contribution in [0.4, 0.5) is 4.79 Å². The van der Waals surface area contributed by atoms with Crippen molar-refractivity contribution in [1.82, 2.24) is 10.6 Å². The number of hydrogen-bond acceptors (Lipinski definition) is 5. The number of ether oxygens (including phenoxy) is 1. The summed E-state index contributed by atoms with van der Waals surface area (Å²) >= 11 is 0. The minimum atomic E-state index is -0.853. The van der Waals surface area contributed by atoms with Gasteiger partial charge in [0.15, 0.2) is 6.10 Å². The Bertz CT molecular complexity index is 501. The van der Waals surface area contributed by atoms with Gasteiger partial charge >= 0.3 is 12.0 Å². The summed E-state index contributed by atoms with van der Waals surface area (Å²) in [5.41, 5.74) is 4.93. The first-order valence-corrected chi connectivity index (χ1v) is 7.52. The maximum atomic E-state index is 11.8. The molecule has 23 heavy (non-hydrogen) atoms. The van der Waals surface area contributed by atoms with Crippen molar-refractivity contribution >= 4 is 17.9 Å². The van der Waals surface area contributed by atoms with Crippen molar-refractivity contribution in [3.05, 3.63) is 24.2 Å². The molecule has 8 heteroatoms. The lowest BCUT2D eigenvalue weighted by Crippen LogP contribution is -2.35. The minimum absolute atomic E-state index is 0.229.